The summed E-state index contributed by atoms with van der Waals surface area (Å²) in [5.74, 6) is 0.500. The fourth-order valence-electron chi connectivity index (χ4n) is 1.17. The molecule has 0 bridgehead atoms. The topological polar surface area (TPSA) is 73.0 Å². The van der Waals surface area contributed by atoms with E-state index in [1.165, 1.54) is 10.9 Å². The molecule has 0 saturated carbocycles. The first-order valence-corrected chi connectivity index (χ1v) is 4.22. The van der Waals surface area contributed by atoms with Gasteiger partial charge in [0.1, 0.15) is 0 Å². The van der Waals surface area contributed by atoms with Gasteiger partial charge in [-0.2, -0.15) is 9.79 Å². The van der Waals surface area contributed by atoms with Gasteiger partial charge in [0.25, 0.3) is 0 Å². The van der Waals surface area contributed by atoms with Crippen LogP contribution in [0.3, 0.4) is 0 Å². The van der Waals surface area contributed by atoms with E-state index < -0.39 is 0 Å². The maximum Gasteiger partial charge on any atom is 0.240 e. The Morgan fingerprint density at radius 2 is 2.33 bits per heavy atom. The molecule has 0 radical (unpaired) electrons. The number of rotatable bonds is 2. The molecule has 0 saturated heterocycles. The van der Waals surface area contributed by atoms with E-state index in [0.29, 0.717) is 11.5 Å². The van der Waals surface area contributed by atoms with Gasteiger partial charge in [-0.3, -0.25) is 0 Å². The van der Waals surface area contributed by atoms with Crippen LogP contribution in [0.5, 0.6) is 0 Å². The van der Waals surface area contributed by atoms with Gasteiger partial charge in [-0.25, -0.2) is 4.79 Å². The van der Waals surface area contributed by atoms with Crippen LogP contribution in [0.1, 0.15) is 0 Å². The molecule has 2 aromatic rings. The van der Waals surface area contributed by atoms with Crippen molar-refractivity contribution in [2.45, 2.75) is 0 Å². The van der Waals surface area contributed by atoms with Crippen molar-refractivity contribution in [3.05, 3.63) is 24.3 Å². The molecule has 0 fully saturated rings. The summed E-state index contributed by atoms with van der Waals surface area (Å²) in [7, 11) is 1.68. The molecule has 0 spiro atoms. The van der Waals surface area contributed by atoms with Crippen molar-refractivity contribution < 1.29 is 4.79 Å². The zero-order valence-electron chi connectivity index (χ0n) is 7.95. The predicted molar refractivity (Wildman–Crippen MR) is 52.0 cm³/mol. The molecule has 74 valence electrons. The lowest BCUT2D eigenvalue weighted by molar-refractivity contribution is 0.565. The number of hydrogen-bond donors (Lipinski definition) is 0. The van der Waals surface area contributed by atoms with E-state index in [4.69, 9.17) is 0 Å². The van der Waals surface area contributed by atoms with E-state index in [2.05, 4.69) is 20.4 Å². The number of aliphatic imine (C=N–C) groups is 1. The number of carbonyl (C=O) groups excluding carboxylic acids is 1. The number of isocyanates is 1. The van der Waals surface area contributed by atoms with Crippen molar-refractivity contribution in [1.82, 2.24) is 20.2 Å². The lowest BCUT2D eigenvalue weighted by Crippen LogP contribution is -1.91. The Balaban J connectivity index is 2.44. The first-order chi connectivity index (χ1) is 7.29. The van der Waals surface area contributed by atoms with Crippen LogP contribution in [0.4, 0.5) is 5.69 Å². The van der Waals surface area contributed by atoms with Crippen LogP contribution in [0.2, 0.25) is 0 Å². The standard InChI is InChI=1S/C9H7N5O/c1-14-12-9(11-13-14)7-3-2-4-8(5-7)10-6-15/h2-5H,1H3. The fourth-order valence-corrected chi connectivity index (χ4v) is 1.17. The first kappa shape index (κ1) is 9.23. The average molecular weight is 201 g/mol. The molecule has 1 aromatic carbocycles. The molecule has 0 unspecified atom stereocenters. The van der Waals surface area contributed by atoms with Crippen LogP contribution in [0.15, 0.2) is 29.3 Å². The normalized spacial score (nSPS) is 9.67. The smallest absolute Gasteiger partial charge is 0.211 e. The Morgan fingerprint density at radius 1 is 1.47 bits per heavy atom. The molecule has 0 aliphatic rings. The summed E-state index contributed by atoms with van der Waals surface area (Å²) in [5.41, 5.74) is 1.29. The Kier molecular flexibility index (Phi) is 2.35. The second-order valence-electron chi connectivity index (χ2n) is 2.86. The van der Waals surface area contributed by atoms with E-state index in [-0.39, 0.29) is 0 Å². The highest BCUT2D eigenvalue weighted by molar-refractivity contribution is 5.61. The summed E-state index contributed by atoms with van der Waals surface area (Å²) in [5, 5.41) is 11.6. The maximum atomic E-state index is 10.1. The molecule has 0 N–H and O–H groups in total. The Bertz CT molecular complexity index is 527. The summed E-state index contributed by atoms with van der Waals surface area (Å²) in [6, 6.07) is 6.98. The third-order valence-electron chi connectivity index (χ3n) is 1.79. The molecule has 1 heterocycles. The first-order valence-electron chi connectivity index (χ1n) is 4.22. The lowest BCUT2D eigenvalue weighted by Gasteiger charge is -1.94. The molecular weight excluding hydrogens is 194 g/mol. The molecular formula is C9H7N5O. The monoisotopic (exact) mass is 201 g/mol. The molecule has 6 nitrogen and oxygen atoms in total. The van der Waals surface area contributed by atoms with Gasteiger partial charge >= 0.3 is 0 Å². The number of aromatic nitrogens is 4. The Morgan fingerprint density at radius 3 is 3.00 bits per heavy atom. The van der Waals surface area contributed by atoms with E-state index in [9.17, 15) is 4.79 Å². The zero-order valence-corrected chi connectivity index (χ0v) is 7.95. The van der Waals surface area contributed by atoms with Crippen LogP contribution in [0, 0.1) is 0 Å². The number of aryl methyl sites for hydroxylation is 1. The van der Waals surface area contributed by atoms with Crippen molar-refractivity contribution in [2.75, 3.05) is 0 Å². The number of benzene rings is 1. The molecule has 1 aromatic heterocycles. The van der Waals surface area contributed by atoms with Crippen molar-refractivity contribution >= 4 is 11.8 Å². The summed E-state index contributed by atoms with van der Waals surface area (Å²) in [4.78, 5) is 15.0. The second-order valence-corrected chi connectivity index (χ2v) is 2.86. The van der Waals surface area contributed by atoms with Gasteiger partial charge in [-0.15, -0.1) is 10.2 Å². The van der Waals surface area contributed by atoms with E-state index in [0.717, 1.165) is 5.56 Å². The van der Waals surface area contributed by atoms with Crippen molar-refractivity contribution in [1.29, 1.82) is 0 Å². The molecule has 15 heavy (non-hydrogen) atoms. The molecule has 6 heteroatoms. The number of hydrogen-bond acceptors (Lipinski definition) is 5. The van der Waals surface area contributed by atoms with Crippen molar-refractivity contribution in [3.8, 4) is 11.4 Å². The summed E-state index contributed by atoms with van der Waals surface area (Å²) in [6.07, 6.45) is 1.48. The Labute approximate surface area is 85.3 Å². The quantitative estimate of drug-likeness (QED) is 0.533. The minimum atomic E-state index is 0.500. The van der Waals surface area contributed by atoms with Gasteiger partial charge in [0.2, 0.25) is 11.9 Å². The highest BCUT2D eigenvalue weighted by Crippen LogP contribution is 2.19. The molecule has 0 atom stereocenters. The van der Waals surface area contributed by atoms with E-state index in [1.807, 2.05) is 6.07 Å². The summed E-state index contributed by atoms with van der Waals surface area (Å²) < 4.78 is 0. The average Bonchev–Trinajstić information content (AvgIpc) is 2.66. The van der Waals surface area contributed by atoms with E-state index in [1.54, 1.807) is 25.2 Å². The second kappa shape index (κ2) is 3.81. The summed E-state index contributed by atoms with van der Waals surface area (Å²) >= 11 is 0. The van der Waals surface area contributed by atoms with Gasteiger partial charge in [0, 0.05) is 5.56 Å². The third-order valence-corrected chi connectivity index (χ3v) is 1.79. The largest absolute Gasteiger partial charge is 0.240 e. The fraction of sp³-hybridized carbons (Fsp3) is 0.111. The molecule has 0 amide bonds. The van der Waals surface area contributed by atoms with Crippen molar-refractivity contribution in [2.24, 2.45) is 12.0 Å². The Hall–Kier alpha value is -2.33. The van der Waals surface area contributed by atoms with Gasteiger partial charge in [0.05, 0.1) is 12.7 Å². The van der Waals surface area contributed by atoms with Gasteiger partial charge in [-0.1, -0.05) is 12.1 Å². The molecule has 2 rings (SSSR count). The van der Waals surface area contributed by atoms with E-state index >= 15 is 0 Å². The van der Waals surface area contributed by atoms with Gasteiger partial charge in [-0.05, 0) is 17.3 Å². The maximum absolute atomic E-state index is 10.1. The van der Waals surface area contributed by atoms with Gasteiger partial charge < -0.3 is 0 Å². The minimum absolute atomic E-state index is 0.500. The highest BCUT2D eigenvalue weighted by atomic mass is 16.1. The highest BCUT2D eigenvalue weighted by Gasteiger charge is 2.04. The van der Waals surface area contributed by atoms with Crippen molar-refractivity contribution in [3.63, 3.8) is 0 Å². The number of tetrazole rings is 1. The van der Waals surface area contributed by atoms with Crippen LogP contribution in [0.25, 0.3) is 11.4 Å². The van der Waals surface area contributed by atoms with Crippen LogP contribution in [-0.4, -0.2) is 26.3 Å². The SMILES string of the molecule is Cn1nnc(-c2cccc(N=C=O)c2)n1. The summed E-state index contributed by atoms with van der Waals surface area (Å²) in [6.45, 7) is 0. The van der Waals surface area contributed by atoms with Crippen LogP contribution < -0.4 is 0 Å². The third kappa shape index (κ3) is 1.95. The lowest BCUT2D eigenvalue weighted by atomic mass is 10.2. The molecule has 0 aliphatic carbocycles. The minimum Gasteiger partial charge on any atom is -0.211 e. The zero-order chi connectivity index (χ0) is 10.7. The van der Waals surface area contributed by atoms with Gasteiger partial charge in [0.15, 0.2) is 0 Å². The molecule has 0 aliphatic heterocycles. The number of nitrogens with zero attached hydrogens (tertiary/aromatic N) is 5. The van der Waals surface area contributed by atoms with Crippen LogP contribution >= 0.6 is 0 Å². The van der Waals surface area contributed by atoms with Crippen LogP contribution in [-0.2, 0) is 11.8 Å². The predicted octanol–water partition coefficient (Wildman–Crippen LogP) is 0.844.